The van der Waals surface area contributed by atoms with Gasteiger partial charge in [0.15, 0.2) is 0 Å². The number of anilines is 1. The molecule has 26 heavy (non-hydrogen) atoms. The Morgan fingerprint density at radius 3 is 2.42 bits per heavy atom. The number of nitrogens with one attached hydrogen (secondary N) is 1. The van der Waals surface area contributed by atoms with Crippen molar-refractivity contribution in [2.24, 2.45) is 0 Å². The number of halogens is 1. The largest absolute Gasteiger partial charge is 0.468 e. The number of hydrogen-bond acceptors (Lipinski definition) is 5. The Kier molecular flexibility index (Phi) is 5.95. The molecule has 1 saturated heterocycles. The molecule has 0 radical (unpaired) electrons. The van der Waals surface area contributed by atoms with Crippen LogP contribution < -0.4 is 9.62 Å². The molecule has 1 fully saturated rings. The molecule has 1 aliphatic rings. The van der Waals surface area contributed by atoms with E-state index >= 15 is 0 Å². The molecule has 0 saturated carbocycles. The van der Waals surface area contributed by atoms with E-state index < -0.39 is 10.0 Å². The molecule has 0 amide bonds. The Balaban J connectivity index is 1.66. The maximum Gasteiger partial charge on any atom is 0.211 e. The van der Waals surface area contributed by atoms with Gasteiger partial charge in [0.2, 0.25) is 10.0 Å². The summed E-state index contributed by atoms with van der Waals surface area (Å²) < 4.78 is 44.9. The van der Waals surface area contributed by atoms with Gasteiger partial charge in [-0.2, -0.15) is 0 Å². The molecule has 0 bridgehead atoms. The fourth-order valence-electron chi connectivity index (χ4n) is 3.14. The van der Waals surface area contributed by atoms with Crippen LogP contribution in [0.5, 0.6) is 0 Å². The van der Waals surface area contributed by atoms with Crippen molar-refractivity contribution in [3.8, 4) is 0 Å². The molecule has 0 spiro atoms. The van der Waals surface area contributed by atoms with Crippen molar-refractivity contribution in [2.45, 2.75) is 13.0 Å². The predicted molar refractivity (Wildman–Crippen MR) is 99.1 cm³/mol. The summed E-state index contributed by atoms with van der Waals surface area (Å²) in [4.78, 5) is 4.42. The van der Waals surface area contributed by atoms with E-state index in [4.69, 9.17) is 4.42 Å². The first-order valence-electron chi connectivity index (χ1n) is 8.74. The van der Waals surface area contributed by atoms with Crippen LogP contribution in [-0.4, -0.2) is 51.8 Å². The second kappa shape index (κ2) is 8.20. The van der Waals surface area contributed by atoms with Crippen LogP contribution in [0.25, 0.3) is 0 Å². The first kappa shape index (κ1) is 18.9. The molecule has 1 atom stereocenters. The summed E-state index contributed by atoms with van der Waals surface area (Å²) in [7, 11) is -3.27. The van der Waals surface area contributed by atoms with Gasteiger partial charge in [-0.1, -0.05) is 0 Å². The molecule has 8 heteroatoms. The molecule has 2 heterocycles. The number of rotatable bonds is 7. The molecule has 6 nitrogen and oxygen atoms in total. The Morgan fingerprint density at radius 1 is 1.15 bits per heavy atom. The lowest BCUT2D eigenvalue weighted by molar-refractivity contribution is 0.166. The van der Waals surface area contributed by atoms with Crippen LogP contribution in [0.4, 0.5) is 10.1 Å². The van der Waals surface area contributed by atoms with Gasteiger partial charge in [0.1, 0.15) is 11.6 Å². The van der Waals surface area contributed by atoms with Gasteiger partial charge < -0.3 is 9.32 Å². The lowest BCUT2D eigenvalue weighted by Crippen LogP contribution is -2.49. The number of piperazine rings is 1. The normalized spacial score (nSPS) is 17.4. The first-order valence-corrected chi connectivity index (χ1v) is 10.4. The maximum atomic E-state index is 13.1. The van der Waals surface area contributed by atoms with Gasteiger partial charge in [0.25, 0.3) is 0 Å². The number of benzene rings is 1. The van der Waals surface area contributed by atoms with Crippen molar-refractivity contribution >= 4 is 15.7 Å². The van der Waals surface area contributed by atoms with Crippen LogP contribution in [0.3, 0.4) is 0 Å². The van der Waals surface area contributed by atoms with Crippen LogP contribution in [0, 0.1) is 5.82 Å². The van der Waals surface area contributed by atoms with Gasteiger partial charge >= 0.3 is 0 Å². The second-order valence-corrected chi connectivity index (χ2v) is 8.38. The van der Waals surface area contributed by atoms with Crippen molar-refractivity contribution in [1.82, 2.24) is 9.62 Å². The fourth-order valence-corrected chi connectivity index (χ4v) is 3.76. The van der Waals surface area contributed by atoms with Crippen LogP contribution in [0.1, 0.15) is 18.7 Å². The minimum atomic E-state index is -3.27. The smallest absolute Gasteiger partial charge is 0.211 e. The SMILES string of the molecule is CCS(=O)(=O)NC[C@H](c1ccco1)N1CCN(c2ccc(F)cc2)CC1. The molecule has 2 aromatic rings. The third-order valence-corrected chi connectivity index (χ3v) is 6.06. The highest BCUT2D eigenvalue weighted by atomic mass is 32.2. The Morgan fingerprint density at radius 2 is 1.85 bits per heavy atom. The van der Waals surface area contributed by atoms with E-state index in [1.54, 1.807) is 25.3 Å². The van der Waals surface area contributed by atoms with Gasteiger partial charge in [-0.25, -0.2) is 17.5 Å². The number of hydrogen-bond donors (Lipinski definition) is 1. The minimum absolute atomic E-state index is 0.0518. The van der Waals surface area contributed by atoms with Crippen molar-refractivity contribution in [2.75, 3.05) is 43.4 Å². The van der Waals surface area contributed by atoms with Crippen LogP contribution in [0.15, 0.2) is 47.1 Å². The van der Waals surface area contributed by atoms with Crippen LogP contribution in [0.2, 0.25) is 0 Å². The summed E-state index contributed by atoms with van der Waals surface area (Å²) in [5.74, 6) is 0.559. The number of nitrogens with zero attached hydrogens (tertiary/aromatic N) is 2. The zero-order chi connectivity index (χ0) is 18.6. The topological polar surface area (TPSA) is 65.8 Å². The maximum absolute atomic E-state index is 13.1. The van der Waals surface area contributed by atoms with E-state index in [9.17, 15) is 12.8 Å². The summed E-state index contributed by atoms with van der Waals surface area (Å²) in [6, 6.07) is 10.0. The molecular weight excluding hydrogens is 357 g/mol. The zero-order valence-corrected chi connectivity index (χ0v) is 15.6. The molecule has 0 aliphatic carbocycles. The summed E-state index contributed by atoms with van der Waals surface area (Å²) >= 11 is 0. The molecule has 142 valence electrons. The lowest BCUT2D eigenvalue weighted by Gasteiger charge is -2.39. The Bertz CT molecular complexity index is 786. The van der Waals surface area contributed by atoms with Gasteiger partial charge in [0.05, 0.1) is 18.1 Å². The molecule has 3 rings (SSSR count). The van der Waals surface area contributed by atoms with Crippen molar-refractivity contribution < 1.29 is 17.2 Å². The van der Waals surface area contributed by atoms with E-state index in [2.05, 4.69) is 14.5 Å². The van der Waals surface area contributed by atoms with Crippen molar-refractivity contribution in [1.29, 1.82) is 0 Å². The molecule has 1 N–H and O–H groups in total. The quantitative estimate of drug-likeness (QED) is 0.797. The third kappa shape index (κ3) is 4.63. The highest BCUT2D eigenvalue weighted by molar-refractivity contribution is 7.89. The van der Waals surface area contributed by atoms with Crippen LogP contribution >= 0.6 is 0 Å². The molecule has 1 aromatic heterocycles. The molecule has 1 aliphatic heterocycles. The second-order valence-electron chi connectivity index (χ2n) is 6.28. The highest BCUT2D eigenvalue weighted by Gasteiger charge is 2.28. The Hall–Kier alpha value is -1.90. The summed E-state index contributed by atoms with van der Waals surface area (Å²) in [5, 5.41) is 0. The highest BCUT2D eigenvalue weighted by Crippen LogP contribution is 2.24. The monoisotopic (exact) mass is 381 g/mol. The summed E-state index contributed by atoms with van der Waals surface area (Å²) in [6.45, 7) is 4.98. The summed E-state index contributed by atoms with van der Waals surface area (Å²) in [5.41, 5.74) is 0.993. The minimum Gasteiger partial charge on any atom is -0.468 e. The lowest BCUT2D eigenvalue weighted by atomic mass is 10.1. The van der Waals surface area contributed by atoms with Gasteiger partial charge in [-0.05, 0) is 43.3 Å². The van der Waals surface area contributed by atoms with Gasteiger partial charge in [-0.15, -0.1) is 0 Å². The number of sulfonamides is 1. The van der Waals surface area contributed by atoms with Crippen molar-refractivity contribution in [3.63, 3.8) is 0 Å². The van der Waals surface area contributed by atoms with E-state index in [0.29, 0.717) is 0 Å². The average Bonchev–Trinajstić information content (AvgIpc) is 3.17. The number of furan rings is 1. The van der Waals surface area contributed by atoms with E-state index in [0.717, 1.165) is 37.6 Å². The van der Waals surface area contributed by atoms with E-state index in [1.807, 2.05) is 12.1 Å². The summed E-state index contributed by atoms with van der Waals surface area (Å²) in [6.07, 6.45) is 1.60. The first-order chi connectivity index (χ1) is 12.5. The third-order valence-electron chi connectivity index (χ3n) is 4.70. The zero-order valence-electron chi connectivity index (χ0n) is 14.8. The van der Waals surface area contributed by atoms with E-state index in [1.165, 1.54) is 12.1 Å². The van der Waals surface area contributed by atoms with Crippen LogP contribution in [-0.2, 0) is 10.0 Å². The fraction of sp³-hybridized carbons (Fsp3) is 0.444. The van der Waals surface area contributed by atoms with Gasteiger partial charge in [-0.3, -0.25) is 4.90 Å². The molecular formula is C18H24FN3O3S. The van der Waals surface area contributed by atoms with Crippen molar-refractivity contribution in [3.05, 3.63) is 54.2 Å². The van der Waals surface area contributed by atoms with Gasteiger partial charge in [0, 0.05) is 38.4 Å². The Labute approximate surface area is 153 Å². The molecule has 1 aromatic carbocycles. The van der Waals surface area contributed by atoms with E-state index in [-0.39, 0.29) is 24.2 Å². The molecule has 0 unspecified atom stereocenters. The average molecular weight is 381 g/mol. The standard InChI is InChI=1S/C18H24FN3O3S/c1-2-26(23,24)20-14-17(18-4-3-13-25-18)22-11-9-21(10-12-22)16-7-5-15(19)6-8-16/h3-8,13,17,20H,2,9-12,14H2,1H3/t17-/m1/s1. The predicted octanol–water partition coefficient (Wildman–Crippen LogP) is 2.22.